The molecule has 1 rings (SSSR count). The molecule has 0 aromatic heterocycles. The zero-order valence-electron chi connectivity index (χ0n) is 8.25. The monoisotopic (exact) mass is 177 g/mol. The van der Waals surface area contributed by atoms with E-state index < -0.39 is 0 Å². The van der Waals surface area contributed by atoms with Crippen LogP contribution in [-0.4, -0.2) is 6.61 Å². The van der Waals surface area contributed by atoms with Crippen molar-refractivity contribution in [1.82, 2.24) is 0 Å². The molecule has 0 saturated carbocycles. The smallest absolute Gasteiger partial charge is 0.119 e. The lowest BCUT2D eigenvalue weighted by Crippen LogP contribution is -1.96. The molecule has 1 heteroatoms. The van der Waals surface area contributed by atoms with Crippen molar-refractivity contribution < 1.29 is 4.74 Å². The zero-order valence-corrected chi connectivity index (χ0v) is 8.25. The van der Waals surface area contributed by atoms with Gasteiger partial charge in [0.05, 0.1) is 6.61 Å². The molecule has 1 radical (unpaired) electrons. The van der Waals surface area contributed by atoms with Crippen LogP contribution in [0, 0.1) is 13.8 Å². The molecule has 0 atom stereocenters. The first-order valence-corrected chi connectivity index (χ1v) is 4.81. The van der Waals surface area contributed by atoms with Gasteiger partial charge in [-0.1, -0.05) is 37.5 Å². The minimum Gasteiger partial charge on any atom is -0.494 e. The molecular formula is C12H17O. The van der Waals surface area contributed by atoms with Gasteiger partial charge in [0.1, 0.15) is 5.75 Å². The minimum atomic E-state index is 0.804. The summed E-state index contributed by atoms with van der Waals surface area (Å²) in [4.78, 5) is 0. The summed E-state index contributed by atoms with van der Waals surface area (Å²) in [7, 11) is 0. The zero-order chi connectivity index (χ0) is 9.52. The molecule has 0 aliphatic carbocycles. The SMILES string of the molecule is [CH2]CCCCOc1ccc(C)cc1. The molecule has 1 nitrogen and oxygen atoms in total. The fourth-order valence-electron chi connectivity index (χ4n) is 1.10. The van der Waals surface area contributed by atoms with Crippen LogP contribution in [0.15, 0.2) is 24.3 Å². The Morgan fingerprint density at radius 1 is 1.15 bits per heavy atom. The van der Waals surface area contributed by atoms with Gasteiger partial charge in [-0.25, -0.2) is 0 Å². The maximum absolute atomic E-state index is 5.54. The van der Waals surface area contributed by atoms with Crippen LogP contribution < -0.4 is 4.74 Å². The molecule has 0 fully saturated rings. The van der Waals surface area contributed by atoms with E-state index in [1.165, 1.54) is 5.56 Å². The maximum atomic E-state index is 5.54. The third kappa shape index (κ3) is 3.97. The third-order valence-electron chi connectivity index (χ3n) is 1.93. The summed E-state index contributed by atoms with van der Waals surface area (Å²) in [5.74, 6) is 0.967. The Bertz CT molecular complexity index is 225. The first kappa shape index (κ1) is 10.1. The quantitative estimate of drug-likeness (QED) is 0.626. The molecule has 71 valence electrons. The van der Waals surface area contributed by atoms with E-state index in [1.54, 1.807) is 0 Å². The Morgan fingerprint density at radius 2 is 1.85 bits per heavy atom. The van der Waals surface area contributed by atoms with Gasteiger partial charge in [0.2, 0.25) is 0 Å². The highest BCUT2D eigenvalue weighted by Crippen LogP contribution is 2.11. The fourth-order valence-corrected chi connectivity index (χ4v) is 1.10. The van der Waals surface area contributed by atoms with Crippen molar-refractivity contribution in [3.05, 3.63) is 36.8 Å². The molecule has 0 saturated heterocycles. The highest BCUT2D eigenvalue weighted by Gasteiger charge is 1.91. The van der Waals surface area contributed by atoms with Gasteiger partial charge in [-0.05, 0) is 25.5 Å². The van der Waals surface area contributed by atoms with Crippen molar-refractivity contribution in [1.29, 1.82) is 0 Å². The van der Waals surface area contributed by atoms with Gasteiger partial charge in [-0.3, -0.25) is 0 Å². The first-order chi connectivity index (χ1) is 6.33. The van der Waals surface area contributed by atoms with Gasteiger partial charge in [-0.2, -0.15) is 0 Å². The third-order valence-corrected chi connectivity index (χ3v) is 1.93. The average Bonchev–Trinajstić information content (AvgIpc) is 2.15. The number of unbranched alkanes of at least 4 members (excludes halogenated alkanes) is 2. The Kier molecular flexibility index (Phi) is 4.37. The normalized spacial score (nSPS) is 10.0. The van der Waals surface area contributed by atoms with Crippen LogP contribution in [-0.2, 0) is 0 Å². The van der Waals surface area contributed by atoms with Crippen molar-refractivity contribution in [3.8, 4) is 5.75 Å². The minimum absolute atomic E-state index is 0.804. The van der Waals surface area contributed by atoms with E-state index in [4.69, 9.17) is 4.74 Å². The summed E-state index contributed by atoms with van der Waals surface area (Å²) < 4.78 is 5.54. The van der Waals surface area contributed by atoms with E-state index >= 15 is 0 Å². The van der Waals surface area contributed by atoms with Crippen molar-refractivity contribution in [2.75, 3.05) is 6.61 Å². The molecule has 0 aliphatic heterocycles. The molecule has 1 aromatic carbocycles. The average molecular weight is 177 g/mol. The van der Waals surface area contributed by atoms with E-state index in [2.05, 4.69) is 26.0 Å². The lowest BCUT2D eigenvalue weighted by molar-refractivity contribution is 0.307. The van der Waals surface area contributed by atoms with Crippen molar-refractivity contribution in [3.63, 3.8) is 0 Å². The predicted octanol–water partition coefficient (Wildman–Crippen LogP) is 3.38. The van der Waals surface area contributed by atoms with Crippen LogP contribution in [0.4, 0.5) is 0 Å². The molecule has 0 aliphatic rings. The largest absolute Gasteiger partial charge is 0.494 e. The maximum Gasteiger partial charge on any atom is 0.119 e. The van der Waals surface area contributed by atoms with E-state index in [-0.39, 0.29) is 0 Å². The fraction of sp³-hybridized carbons (Fsp3) is 0.417. The van der Waals surface area contributed by atoms with Gasteiger partial charge in [-0.15, -0.1) is 0 Å². The molecule has 0 bridgehead atoms. The molecular weight excluding hydrogens is 160 g/mol. The molecule has 1 aromatic rings. The van der Waals surface area contributed by atoms with Crippen LogP contribution >= 0.6 is 0 Å². The highest BCUT2D eigenvalue weighted by molar-refractivity contribution is 5.26. The summed E-state index contributed by atoms with van der Waals surface area (Å²) in [6.45, 7) is 6.67. The van der Waals surface area contributed by atoms with Crippen LogP contribution in [0.3, 0.4) is 0 Å². The summed E-state index contributed by atoms with van der Waals surface area (Å²) in [5.41, 5.74) is 1.27. The molecule has 13 heavy (non-hydrogen) atoms. The van der Waals surface area contributed by atoms with Crippen LogP contribution in [0.1, 0.15) is 24.8 Å². The second-order valence-electron chi connectivity index (χ2n) is 3.22. The standard InChI is InChI=1S/C12H17O/c1-3-4-5-10-13-12-8-6-11(2)7-9-12/h6-9H,1,3-5,10H2,2H3. The Balaban J connectivity index is 2.25. The van der Waals surface area contributed by atoms with E-state index in [9.17, 15) is 0 Å². The molecule has 0 N–H and O–H groups in total. The number of aryl methyl sites for hydroxylation is 1. The number of hydrogen-bond donors (Lipinski definition) is 0. The van der Waals surface area contributed by atoms with Gasteiger partial charge in [0.25, 0.3) is 0 Å². The lowest BCUT2D eigenvalue weighted by Gasteiger charge is -2.05. The van der Waals surface area contributed by atoms with Gasteiger partial charge >= 0.3 is 0 Å². The molecule has 0 heterocycles. The number of benzene rings is 1. The number of ether oxygens (including phenoxy) is 1. The molecule has 0 spiro atoms. The van der Waals surface area contributed by atoms with Crippen LogP contribution in [0.2, 0.25) is 0 Å². The number of rotatable bonds is 5. The van der Waals surface area contributed by atoms with Crippen molar-refractivity contribution in [2.45, 2.75) is 26.2 Å². The molecule has 0 amide bonds. The summed E-state index contributed by atoms with van der Waals surface area (Å²) >= 11 is 0. The number of hydrogen-bond acceptors (Lipinski definition) is 1. The van der Waals surface area contributed by atoms with Crippen LogP contribution in [0.5, 0.6) is 5.75 Å². The second-order valence-corrected chi connectivity index (χ2v) is 3.22. The summed E-state index contributed by atoms with van der Waals surface area (Å²) in [6.07, 6.45) is 3.24. The van der Waals surface area contributed by atoms with Crippen LogP contribution in [0.25, 0.3) is 0 Å². The first-order valence-electron chi connectivity index (χ1n) is 4.81. The Labute approximate surface area is 80.7 Å². The Morgan fingerprint density at radius 3 is 2.46 bits per heavy atom. The highest BCUT2D eigenvalue weighted by atomic mass is 16.5. The topological polar surface area (TPSA) is 9.23 Å². The summed E-state index contributed by atoms with van der Waals surface area (Å²) in [6, 6.07) is 8.16. The predicted molar refractivity (Wildman–Crippen MR) is 55.9 cm³/mol. The van der Waals surface area contributed by atoms with E-state index in [0.717, 1.165) is 31.6 Å². The lowest BCUT2D eigenvalue weighted by atomic mass is 10.2. The Hall–Kier alpha value is -0.980. The molecule has 0 unspecified atom stereocenters. The van der Waals surface area contributed by atoms with Crippen molar-refractivity contribution in [2.24, 2.45) is 0 Å². The van der Waals surface area contributed by atoms with E-state index in [1.807, 2.05) is 12.1 Å². The van der Waals surface area contributed by atoms with Gasteiger partial charge in [0, 0.05) is 0 Å². The van der Waals surface area contributed by atoms with Gasteiger partial charge < -0.3 is 4.74 Å². The summed E-state index contributed by atoms with van der Waals surface area (Å²) in [5, 5.41) is 0. The second kappa shape index (κ2) is 5.63. The van der Waals surface area contributed by atoms with Gasteiger partial charge in [0.15, 0.2) is 0 Å². The van der Waals surface area contributed by atoms with E-state index in [0.29, 0.717) is 0 Å². The van der Waals surface area contributed by atoms with Crippen molar-refractivity contribution >= 4 is 0 Å².